The van der Waals surface area contributed by atoms with E-state index < -0.39 is 17.3 Å². The van der Waals surface area contributed by atoms with Crippen molar-refractivity contribution >= 4 is 17.8 Å². The van der Waals surface area contributed by atoms with Gasteiger partial charge in [0.15, 0.2) is 0 Å². The van der Waals surface area contributed by atoms with Gasteiger partial charge in [0.25, 0.3) is 5.91 Å². The lowest BCUT2D eigenvalue weighted by Gasteiger charge is -2.50. The van der Waals surface area contributed by atoms with Gasteiger partial charge < -0.3 is 14.9 Å². The van der Waals surface area contributed by atoms with Crippen LogP contribution >= 0.6 is 0 Å². The molecule has 5 rings (SSSR count). The summed E-state index contributed by atoms with van der Waals surface area (Å²) in [5.41, 5.74) is 1.02. The SMILES string of the molecule is CC1(C)C[C@@H]1C(=O)N1CC2(CN(C(=O)c3cnn(Cc4ccccc4)c3)C[C@H]2C(=O)O)C1. The predicted octanol–water partition coefficient (Wildman–Crippen LogP) is 1.96. The molecule has 0 unspecified atom stereocenters. The molecule has 1 aromatic carbocycles. The van der Waals surface area contributed by atoms with E-state index in [2.05, 4.69) is 18.9 Å². The van der Waals surface area contributed by atoms with E-state index in [9.17, 15) is 19.5 Å². The number of aliphatic carboxylic acids is 1. The van der Waals surface area contributed by atoms with Crippen LogP contribution in [0.5, 0.6) is 0 Å². The molecular weight excluding hydrogens is 408 g/mol. The van der Waals surface area contributed by atoms with Gasteiger partial charge in [-0.2, -0.15) is 5.10 Å². The molecule has 8 heteroatoms. The fourth-order valence-electron chi connectivity index (χ4n) is 5.28. The predicted molar refractivity (Wildman–Crippen MR) is 116 cm³/mol. The molecule has 1 aromatic heterocycles. The van der Waals surface area contributed by atoms with Gasteiger partial charge in [0.2, 0.25) is 5.91 Å². The second-order valence-electron chi connectivity index (χ2n) is 10.3. The number of carboxylic acid groups (broad SMARTS) is 1. The molecule has 168 valence electrons. The molecule has 3 aliphatic rings. The van der Waals surface area contributed by atoms with Gasteiger partial charge in [-0.1, -0.05) is 44.2 Å². The zero-order chi connectivity index (χ0) is 22.7. The van der Waals surface area contributed by atoms with Crippen molar-refractivity contribution in [2.75, 3.05) is 26.2 Å². The normalized spacial score (nSPS) is 24.9. The Hall–Kier alpha value is -3.16. The Morgan fingerprint density at radius 1 is 1.06 bits per heavy atom. The molecule has 1 saturated carbocycles. The number of carbonyl (C=O) groups is 3. The van der Waals surface area contributed by atoms with Crippen molar-refractivity contribution in [1.82, 2.24) is 19.6 Å². The molecule has 2 aliphatic heterocycles. The molecule has 1 N–H and O–H groups in total. The molecule has 2 aromatic rings. The molecule has 2 atom stereocenters. The summed E-state index contributed by atoms with van der Waals surface area (Å²) in [6, 6.07) is 9.85. The minimum Gasteiger partial charge on any atom is -0.481 e. The van der Waals surface area contributed by atoms with Crippen LogP contribution in [0.2, 0.25) is 0 Å². The molecule has 8 nitrogen and oxygen atoms in total. The topological polar surface area (TPSA) is 95.7 Å². The Morgan fingerprint density at radius 3 is 2.34 bits per heavy atom. The summed E-state index contributed by atoms with van der Waals surface area (Å²) < 4.78 is 1.71. The average molecular weight is 437 g/mol. The molecule has 2 saturated heterocycles. The molecule has 3 fully saturated rings. The maximum atomic E-state index is 13.1. The largest absolute Gasteiger partial charge is 0.481 e. The Morgan fingerprint density at radius 2 is 1.72 bits per heavy atom. The van der Waals surface area contributed by atoms with Crippen molar-refractivity contribution in [1.29, 1.82) is 0 Å². The van der Waals surface area contributed by atoms with Gasteiger partial charge in [-0.3, -0.25) is 19.1 Å². The number of aromatic nitrogens is 2. The Labute approximate surface area is 186 Å². The Kier molecular flexibility index (Phi) is 4.65. The van der Waals surface area contributed by atoms with Crippen molar-refractivity contribution in [3.63, 3.8) is 0 Å². The quantitative estimate of drug-likeness (QED) is 0.773. The summed E-state index contributed by atoms with van der Waals surface area (Å²) in [5, 5.41) is 14.1. The fourth-order valence-corrected chi connectivity index (χ4v) is 5.28. The highest BCUT2D eigenvalue weighted by Gasteiger charge is 2.62. The van der Waals surface area contributed by atoms with Crippen molar-refractivity contribution in [3.05, 3.63) is 53.9 Å². The monoisotopic (exact) mass is 436 g/mol. The first-order valence-electron chi connectivity index (χ1n) is 11.1. The van der Waals surface area contributed by atoms with E-state index in [1.54, 1.807) is 20.7 Å². The third kappa shape index (κ3) is 3.47. The molecule has 32 heavy (non-hydrogen) atoms. The van der Waals surface area contributed by atoms with Crippen molar-refractivity contribution < 1.29 is 19.5 Å². The molecule has 1 spiro atoms. The van der Waals surface area contributed by atoms with Gasteiger partial charge in [0.05, 0.1) is 24.2 Å². The lowest BCUT2D eigenvalue weighted by molar-refractivity contribution is -0.158. The Bertz CT molecular complexity index is 1070. The van der Waals surface area contributed by atoms with Gasteiger partial charge in [-0.15, -0.1) is 0 Å². The molecule has 3 heterocycles. The number of carbonyl (C=O) groups excluding carboxylic acids is 2. The minimum atomic E-state index is -0.904. The fraction of sp³-hybridized carbons (Fsp3) is 0.500. The summed E-state index contributed by atoms with van der Waals surface area (Å²) >= 11 is 0. The maximum Gasteiger partial charge on any atom is 0.309 e. The maximum absolute atomic E-state index is 13.1. The zero-order valence-corrected chi connectivity index (χ0v) is 18.4. The first-order chi connectivity index (χ1) is 15.2. The minimum absolute atomic E-state index is 0.0396. The highest BCUT2D eigenvalue weighted by molar-refractivity contribution is 5.94. The Balaban J connectivity index is 1.26. The highest BCUT2D eigenvalue weighted by atomic mass is 16.4. The van der Waals surface area contributed by atoms with Crippen LogP contribution in [0.4, 0.5) is 0 Å². The molecule has 2 amide bonds. The summed E-state index contributed by atoms with van der Waals surface area (Å²) in [4.78, 5) is 41.2. The van der Waals surface area contributed by atoms with Crippen LogP contribution in [-0.2, 0) is 16.1 Å². The van der Waals surface area contributed by atoms with Gasteiger partial charge >= 0.3 is 5.97 Å². The molecular formula is C24H28N4O4. The number of hydrogen-bond acceptors (Lipinski definition) is 4. The van der Waals surface area contributed by atoms with E-state index in [0.29, 0.717) is 31.7 Å². The van der Waals surface area contributed by atoms with Gasteiger partial charge in [-0.25, -0.2) is 0 Å². The third-order valence-electron chi connectivity index (χ3n) is 7.44. The zero-order valence-electron chi connectivity index (χ0n) is 18.4. The number of hydrogen-bond donors (Lipinski definition) is 1. The average Bonchev–Trinajstić information content (AvgIpc) is 3.10. The van der Waals surface area contributed by atoms with Crippen molar-refractivity contribution in [3.8, 4) is 0 Å². The third-order valence-corrected chi connectivity index (χ3v) is 7.44. The lowest BCUT2D eigenvalue weighted by atomic mass is 9.71. The summed E-state index contributed by atoms with van der Waals surface area (Å²) in [7, 11) is 0. The van der Waals surface area contributed by atoms with Gasteiger partial charge in [-0.05, 0) is 17.4 Å². The van der Waals surface area contributed by atoms with Crippen LogP contribution < -0.4 is 0 Å². The van der Waals surface area contributed by atoms with E-state index in [-0.39, 0.29) is 29.7 Å². The van der Waals surface area contributed by atoms with E-state index in [4.69, 9.17) is 0 Å². The molecule has 0 bridgehead atoms. The van der Waals surface area contributed by atoms with Crippen LogP contribution in [0.15, 0.2) is 42.7 Å². The summed E-state index contributed by atoms with van der Waals surface area (Å²) in [5.74, 6) is -1.61. The van der Waals surface area contributed by atoms with E-state index >= 15 is 0 Å². The summed E-state index contributed by atoms with van der Waals surface area (Å²) in [6.07, 6.45) is 4.13. The number of benzene rings is 1. The second kappa shape index (κ2) is 7.18. The van der Waals surface area contributed by atoms with E-state index in [1.165, 1.54) is 6.20 Å². The van der Waals surface area contributed by atoms with Crippen molar-refractivity contribution in [2.24, 2.45) is 22.7 Å². The van der Waals surface area contributed by atoms with Gasteiger partial charge in [0, 0.05) is 43.7 Å². The standard InChI is InChI=1S/C24H28N4O4/c1-23(2)8-18(23)21(30)27-14-24(15-27)13-26(12-19(24)22(31)32)20(29)17-9-25-28(11-17)10-16-6-4-3-5-7-16/h3-7,9,11,18-19H,8,10,12-15H2,1-2H3,(H,31,32)/t18-,19+/m1/s1. The van der Waals surface area contributed by atoms with Crippen LogP contribution in [0.3, 0.4) is 0 Å². The number of carboxylic acids is 1. The second-order valence-corrected chi connectivity index (χ2v) is 10.3. The summed E-state index contributed by atoms with van der Waals surface area (Å²) in [6.45, 7) is 6.06. The number of nitrogens with zero attached hydrogens (tertiary/aromatic N) is 4. The number of amides is 2. The van der Waals surface area contributed by atoms with Crippen LogP contribution in [0, 0.1) is 22.7 Å². The molecule has 1 aliphatic carbocycles. The lowest BCUT2D eigenvalue weighted by Crippen LogP contribution is -2.63. The number of likely N-dealkylation sites (tertiary alicyclic amines) is 2. The number of rotatable bonds is 5. The van der Waals surface area contributed by atoms with Gasteiger partial charge in [0.1, 0.15) is 0 Å². The van der Waals surface area contributed by atoms with E-state index in [0.717, 1.165) is 12.0 Å². The molecule has 0 radical (unpaired) electrons. The highest BCUT2D eigenvalue weighted by Crippen LogP contribution is 2.54. The van der Waals surface area contributed by atoms with Crippen LogP contribution in [0.25, 0.3) is 0 Å². The van der Waals surface area contributed by atoms with Crippen molar-refractivity contribution in [2.45, 2.75) is 26.8 Å². The van der Waals surface area contributed by atoms with Crippen LogP contribution in [-0.4, -0.2) is 68.6 Å². The van der Waals surface area contributed by atoms with Crippen LogP contribution in [0.1, 0.15) is 36.2 Å². The first kappa shape index (κ1) is 20.7. The smallest absolute Gasteiger partial charge is 0.309 e. The van der Waals surface area contributed by atoms with E-state index in [1.807, 2.05) is 30.3 Å². The first-order valence-corrected chi connectivity index (χ1v) is 11.1.